The first kappa shape index (κ1) is 12.1. The lowest BCUT2D eigenvalue weighted by molar-refractivity contribution is 0.103. The second-order valence-electron chi connectivity index (χ2n) is 3.27. The maximum atomic E-state index is 13.6. The molecular weight excluding hydrogens is 263 g/mol. The highest BCUT2D eigenvalue weighted by molar-refractivity contribution is 7.12. The number of methoxy groups -OCH3 is 1. The summed E-state index contributed by atoms with van der Waals surface area (Å²) in [6.07, 6.45) is 0. The Morgan fingerprint density at radius 1 is 1.41 bits per heavy atom. The Morgan fingerprint density at radius 2 is 2.18 bits per heavy atom. The van der Waals surface area contributed by atoms with Gasteiger partial charge in [-0.25, -0.2) is 4.39 Å². The maximum absolute atomic E-state index is 13.6. The molecule has 17 heavy (non-hydrogen) atoms. The zero-order chi connectivity index (χ0) is 12.4. The molecule has 0 saturated heterocycles. The van der Waals surface area contributed by atoms with E-state index >= 15 is 0 Å². The lowest BCUT2D eigenvalue weighted by Gasteiger charge is -2.03. The number of benzene rings is 1. The van der Waals surface area contributed by atoms with Crippen LogP contribution in [0.1, 0.15) is 15.2 Å². The third-order valence-corrected chi connectivity index (χ3v) is 3.36. The van der Waals surface area contributed by atoms with Crippen LogP contribution in [-0.2, 0) is 0 Å². The van der Waals surface area contributed by atoms with Gasteiger partial charge in [0.2, 0.25) is 5.78 Å². The van der Waals surface area contributed by atoms with Crippen molar-refractivity contribution in [3.8, 4) is 5.75 Å². The highest BCUT2D eigenvalue weighted by Crippen LogP contribution is 2.28. The van der Waals surface area contributed by atoms with E-state index in [-0.39, 0.29) is 10.6 Å². The molecule has 0 aliphatic heterocycles. The zero-order valence-electron chi connectivity index (χ0n) is 8.87. The normalized spacial score (nSPS) is 10.3. The van der Waals surface area contributed by atoms with Crippen LogP contribution in [0.3, 0.4) is 0 Å². The number of hydrogen-bond acceptors (Lipinski definition) is 3. The molecule has 0 aliphatic carbocycles. The molecule has 88 valence electrons. The van der Waals surface area contributed by atoms with Crippen molar-refractivity contribution in [3.05, 3.63) is 50.9 Å². The number of hydrogen-bond donors (Lipinski definition) is 0. The minimum absolute atomic E-state index is 0.00449. The largest absolute Gasteiger partial charge is 0.495 e. The van der Waals surface area contributed by atoms with Crippen LogP contribution in [0.5, 0.6) is 5.75 Å². The van der Waals surface area contributed by atoms with E-state index in [1.807, 2.05) is 0 Å². The van der Waals surface area contributed by atoms with Crippen molar-refractivity contribution in [2.75, 3.05) is 7.11 Å². The van der Waals surface area contributed by atoms with Crippen LogP contribution >= 0.6 is 22.9 Å². The van der Waals surface area contributed by atoms with Crippen LogP contribution in [0.15, 0.2) is 29.6 Å². The van der Waals surface area contributed by atoms with Gasteiger partial charge in [0.15, 0.2) is 0 Å². The van der Waals surface area contributed by atoms with Crippen LogP contribution < -0.4 is 4.74 Å². The summed E-state index contributed by atoms with van der Waals surface area (Å²) in [5, 5.41) is 1.98. The third-order valence-electron chi connectivity index (χ3n) is 2.23. The molecule has 0 unspecified atom stereocenters. The molecule has 1 aromatic heterocycles. The highest BCUT2D eigenvalue weighted by atomic mass is 35.5. The number of ether oxygens (including phenoxy) is 1. The summed E-state index contributed by atoms with van der Waals surface area (Å²) in [6, 6.07) is 5.65. The van der Waals surface area contributed by atoms with Gasteiger partial charge in [-0.3, -0.25) is 4.79 Å². The summed E-state index contributed by atoms with van der Waals surface area (Å²) in [4.78, 5) is 12.4. The van der Waals surface area contributed by atoms with Crippen molar-refractivity contribution >= 4 is 28.7 Å². The molecule has 0 spiro atoms. The van der Waals surface area contributed by atoms with Gasteiger partial charge in [0.1, 0.15) is 16.4 Å². The standard InChI is InChI=1S/C12H8ClFO2S/c1-16-10-4-5-17-12(10)11(15)8-3-2-7(13)6-9(8)14/h2-6H,1H3. The molecular formula is C12H8ClFO2S. The summed E-state index contributed by atoms with van der Waals surface area (Å²) in [5.41, 5.74) is -0.00449. The van der Waals surface area contributed by atoms with Gasteiger partial charge in [0, 0.05) is 5.02 Å². The Bertz CT molecular complexity index is 565. The number of carbonyl (C=O) groups excluding carboxylic acids is 1. The SMILES string of the molecule is COc1ccsc1C(=O)c1ccc(Cl)cc1F. The molecule has 0 radical (unpaired) electrons. The molecule has 2 rings (SSSR count). The summed E-state index contributed by atoms with van der Waals surface area (Å²) >= 11 is 6.85. The second kappa shape index (κ2) is 4.85. The predicted octanol–water partition coefficient (Wildman–Crippen LogP) is 3.78. The van der Waals surface area contributed by atoms with Gasteiger partial charge >= 0.3 is 0 Å². The van der Waals surface area contributed by atoms with Crippen molar-refractivity contribution in [2.45, 2.75) is 0 Å². The molecule has 2 nitrogen and oxygen atoms in total. The second-order valence-corrected chi connectivity index (χ2v) is 4.62. The van der Waals surface area contributed by atoms with E-state index < -0.39 is 11.6 Å². The van der Waals surface area contributed by atoms with Gasteiger partial charge in [-0.05, 0) is 29.6 Å². The zero-order valence-corrected chi connectivity index (χ0v) is 10.4. The van der Waals surface area contributed by atoms with Gasteiger partial charge in [-0.15, -0.1) is 11.3 Å². The molecule has 2 aromatic rings. The van der Waals surface area contributed by atoms with E-state index in [1.54, 1.807) is 11.4 Å². The van der Waals surface area contributed by atoms with Crippen LogP contribution in [0.25, 0.3) is 0 Å². The fraction of sp³-hybridized carbons (Fsp3) is 0.0833. The first-order valence-corrected chi connectivity index (χ1v) is 6.00. The van der Waals surface area contributed by atoms with Gasteiger partial charge in [-0.2, -0.15) is 0 Å². The average Bonchev–Trinajstić information content (AvgIpc) is 2.76. The van der Waals surface area contributed by atoms with Crippen molar-refractivity contribution in [2.24, 2.45) is 0 Å². The van der Waals surface area contributed by atoms with Crippen LogP contribution in [0.4, 0.5) is 4.39 Å². The van der Waals surface area contributed by atoms with Crippen LogP contribution in [0, 0.1) is 5.82 Å². The average molecular weight is 271 g/mol. The number of rotatable bonds is 3. The fourth-order valence-corrected chi connectivity index (χ4v) is 2.39. The Labute approximate surface area is 107 Å². The Kier molecular flexibility index (Phi) is 3.45. The van der Waals surface area contributed by atoms with Gasteiger partial charge in [0.05, 0.1) is 12.7 Å². The lowest BCUT2D eigenvalue weighted by atomic mass is 10.1. The Morgan fingerprint density at radius 3 is 2.82 bits per heavy atom. The monoisotopic (exact) mass is 270 g/mol. The Hall–Kier alpha value is -1.39. The lowest BCUT2D eigenvalue weighted by Crippen LogP contribution is -2.03. The number of thiophene rings is 1. The quantitative estimate of drug-likeness (QED) is 0.794. The first-order valence-electron chi connectivity index (χ1n) is 4.74. The minimum Gasteiger partial charge on any atom is -0.495 e. The molecule has 0 fully saturated rings. The molecule has 0 atom stereocenters. The summed E-state index contributed by atoms with van der Waals surface area (Å²) in [6.45, 7) is 0. The molecule has 0 N–H and O–H groups in total. The molecule has 1 heterocycles. The van der Waals surface area contributed by atoms with Gasteiger partial charge in [-0.1, -0.05) is 11.6 Å². The van der Waals surface area contributed by atoms with Crippen molar-refractivity contribution in [1.82, 2.24) is 0 Å². The molecule has 0 aliphatic rings. The fourth-order valence-electron chi connectivity index (χ4n) is 1.42. The van der Waals surface area contributed by atoms with Crippen LogP contribution in [0.2, 0.25) is 5.02 Å². The van der Waals surface area contributed by atoms with E-state index in [2.05, 4.69) is 0 Å². The maximum Gasteiger partial charge on any atom is 0.209 e. The van der Waals surface area contributed by atoms with E-state index in [0.717, 1.165) is 6.07 Å². The summed E-state index contributed by atoms with van der Waals surface area (Å²) in [7, 11) is 1.47. The topological polar surface area (TPSA) is 26.3 Å². The third kappa shape index (κ3) is 2.33. The molecule has 0 saturated carbocycles. The number of halogens is 2. The molecule has 5 heteroatoms. The van der Waals surface area contributed by atoms with E-state index in [4.69, 9.17) is 16.3 Å². The van der Waals surface area contributed by atoms with Gasteiger partial charge < -0.3 is 4.74 Å². The van der Waals surface area contributed by atoms with Crippen molar-refractivity contribution in [1.29, 1.82) is 0 Å². The molecule has 0 amide bonds. The predicted molar refractivity (Wildman–Crippen MR) is 65.7 cm³/mol. The summed E-state index contributed by atoms with van der Waals surface area (Å²) < 4.78 is 18.6. The van der Waals surface area contributed by atoms with Crippen LogP contribution in [-0.4, -0.2) is 12.9 Å². The van der Waals surface area contributed by atoms with E-state index in [9.17, 15) is 9.18 Å². The smallest absolute Gasteiger partial charge is 0.209 e. The van der Waals surface area contributed by atoms with Gasteiger partial charge in [0.25, 0.3) is 0 Å². The van der Waals surface area contributed by atoms with Crippen molar-refractivity contribution in [3.63, 3.8) is 0 Å². The number of ketones is 1. The molecule has 0 bridgehead atoms. The Balaban J connectivity index is 2.44. The number of carbonyl (C=O) groups is 1. The minimum atomic E-state index is -0.627. The van der Waals surface area contributed by atoms with E-state index in [0.29, 0.717) is 10.6 Å². The highest BCUT2D eigenvalue weighted by Gasteiger charge is 2.19. The van der Waals surface area contributed by atoms with Crippen molar-refractivity contribution < 1.29 is 13.9 Å². The summed E-state index contributed by atoms with van der Waals surface area (Å²) in [5.74, 6) is -0.571. The van der Waals surface area contributed by atoms with E-state index in [1.165, 1.54) is 30.6 Å². The first-order chi connectivity index (χ1) is 8.13. The molecule has 1 aromatic carbocycles.